The van der Waals surface area contributed by atoms with E-state index >= 15 is 0 Å². The molecule has 0 aliphatic heterocycles. The van der Waals surface area contributed by atoms with Crippen LogP contribution in [0.1, 0.15) is 20.8 Å². The lowest BCUT2D eigenvalue weighted by molar-refractivity contribution is -0.123. The molecule has 0 aliphatic rings. The van der Waals surface area contributed by atoms with Gasteiger partial charge in [0.05, 0.1) is 28.8 Å². The van der Waals surface area contributed by atoms with E-state index < -0.39 is 0 Å². The fourth-order valence-electron chi connectivity index (χ4n) is 1.85. The van der Waals surface area contributed by atoms with Gasteiger partial charge in [0, 0.05) is 6.04 Å². The molecule has 1 aromatic rings. The van der Waals surface area contributed by atoms with Crippen molar-refractivity contribution >= 4 is 40.7 Å². The molecule has 1 aromatic carbocycles. The van der Waals surface area contributed by atoms with E-state index in [1.54, 1.807) is 23.1 Å². The maximum absolute atomic E-state index is 12.1. The maximum atomic E-state index is 12.1. The van der Waals surface area contributed by atoms with Crippen LogP contribution in [0.5, 0.6) is 0 Å². The summed E-state index contributed by atoms with van der Waals surface area (Å²) in [6, 6.07) is 5.07. The van der Waals surface area contributed by atoms with Crippen molar-refractivity contribution in [3.05, 3.63) is 28.2 Å². The molecule has 0 heterocycles. The van der Waals surface area contributed by atoms with Crippen LogP contribution in [0, 0.1) is 0 Å². The van der Waals surface area contributed by atoms with Crippen LogP contribution in [-0.2, 0) is 9.59 Å². The van der Waals surface area contributed by atoms with E-state index in [9.17, 15) is 9.59 Å². The lowest BCUT2D eigenvalue weighted by Crippen LogP contribution is -2.42. The highest BCUT2D eigenvalue weighted by atomic mass is 35.5. The number of halogens is 2. The predicted octanol–water partition coefficient (Wildman–Crippen LogP) is 2.78. The Balaban J connectivity index is 2.60. The zero-order valence-electron chi connectivity index (χ0n) is 13.0. The first-order valence-corrected chi connectivity index (χ1v) is 7.84. The number of amides is 2. The molecule has 5 nitrogen and oxygen atoms in total. The van der Waals surface area contributed by atoms with Crippen LogP contribution in [0.25, 0.3) is 0 Å². The Morgan fingerprint density at radius 3 is 2.18 bits per heavy atom. The van der Waals surface area contributed by atoms with Crippen LogP contribution < -0.4 is 10.6 Å². The lowest BCUT2D eigenvalue weighted by Gasteiger charge is -2.20. The third kappa shape index (κ3) is 6.22. The summed E-state index contributed by atoms with van der Waals surface area (Å²) in [7, 11) is 0. The zero-order valence-corrected chi connectivity index (χ0v) is 14.5. The van der Waals surface area contributed by atoms with Gasteiger partial charge in [0.15, 0.2) is 0 Å². The topological polar surface area (TPSA) is 61.4 Å². The fraction of sp³-hybridized carbons (Fsp3) is 0.467. The van der Waals surface area contributed by atoms with Crippen molar-refractivity contribution in [2.24, 2.45) is 0 Å². The Morgan fingerprint density at radius 1 is 1.14 bits per heavy atom. The van der Waals surface area contributed by atoms with E-state index in [2.05, 4.69) is 10.6 Å². The average molecular weight is 346 g/mol. The zero-order chi connectivity index (χ0) is 16.7. The molecule has 2 N–H and O–H groups in total. The Hall–Kier alpha value is -1.30. The molecule has 0 saturated heterocycles. The number of likely N-dealkylation sites (N-methyl/N-ethyl adjacent to an activating group) is 1. The van der Waals surface area contributed by atoms with Gasteiger partial charge in [-0.05, 0) is 32.5 Å². The number of hydrogen-bond donors (Lipinski definition) is 2. The van der Waals surface area contributed by atoms with Gasteiger partial charge < -0.3 is 10.6 Å². The highest BCUT2D eigenvalue weighted by Crippen LogP contribution is 2.29. The van der Waals surface area contributed by atoms with E-state index in [0.717, 1.165) is 0 Å². The minimum Gasteiger partial charge on any atom is -0.353 e. The third-order valence-corrected chi connectivity index (χ3v) is 3.49. The molecule has 0 unspecified atom stereocenters. The van der Waals surface area contributed by atoms with E-state index in [-0.39, 0.29) is 30.9 Å². The van der Waals surface area contributed by atoms with Gasteiger partial charge in [0.25, 0.3) is 0 Å². The molecular weight excluding hydrogens is 325 g/mol. The van der Waals surface area contributed by atoms with Crippen LogP contribution >= 0.6 is 23.2 Å². The summed E-state index contributed by atoms with van der Waals surface area (Å²) < 4.78 is 0. The van der Waals surface area contributed by atoms with Crippen molar-refractivity contribution in [3.8, 4) is 0 Å². The SMILES string of the molecule is CCN(CC(=O)Nc1c(Cl)cccc1Cl)CC(=O)NC(C)C. The summed E-state index contributed by atoms with van der Waals surface area (Å²) in [5.74, 6) is -0.380. The lowest BCUT2D eigenvalue weighted by atomic mass is 10.3. The summed E-state index contributed by atoms with van der Waals surface area (Å²) in [6.07, 6.45) is 0. The third-order valence-electron chi connectivity index (χ3n) is 2.86. The Morgan fingerprint density at radius 2 is 1.68 bits per heavy atom. The van der Waals surface area contributed by atoms with Crippen molar-refractivity contribution in [2.45, 2.75) is 26.8 Å². The number of hydrogen-bond acceptors (Lipinski definition) is 3. The van der Waals surface area contributed by atoms with Crippen LogP contribution in [0.15, 0.2) is 18.2 Å². The number of nitrogens with zero attached hydrogens (tertiary/aromatic N) is 1. The number of nitrogens with one attached hydrogen (secondary N) is 2. The number of para-hydroxylation sites is 1. The summed E-state index contributed by atoms with van der Waals surface area (Å²) in [5, 5.41) is 6.23. The van der Waals surface area contributed by atoms with Crippen molar-refractivity contribution in [2.75, 3.05) is 25.0 Å². The van der Waals surface area contributed by atoms with Gasteiger partial charge in [-0.25, -0.2) is 0 Å². The van der Waals surface area contributed by atoms with E-state index in [1.165, 1.54) is 0 Å². The van der Waals surface area contributed by atoms with Gasteiger partial charge in [-0.2, -0.15) is 0 Å². The molecule has 0 spiro atoms. The fourth-order valence-corrected chi connectivity index (χ4v) is 2.34. The monoisotopic (exact) mass is 345 g/mol. The van der Waals surface area contributed by atoms with Gasteiger partial charge >= 0.3 is 0 Å². The smallest absolute Gasteiger partial charge is 0.238 e. The number of benzene rings is 1. The van der Waals surface area contributed by atoms with Gasteiger partial charge in [-0.3, -0.25) is 14.5 Å². The summed E-state index contributed by atoms with van der Waals surface area (Å²) in [6.45, 7) is 6.50. The molecule has 1 rings (SSSR count). The molecular formula is C15H21Cl2N3O2. The molecule has 0 fully saturated rings. The predicted molar refractivity (Wildman–Crippen MR) is 90.5 cm³/mol. The highest BCUT2D eigenvalue weighted by Gasteiger charge is 2.15. The summed E-state index contributed by atoms with van der Waals surface area (Å²) in [4.78, 5) is 25.6. The van der Waals surface area contributed by atoms with E-state index in [1.807, 2.05) is 20.8 Å². The molecule has 0 aromatic heterocycles. The van der Waals surface area contributed by atoms with Gasteiger partial charge in [-0.1, -0.05) is 36.2 Å². The second-order valence-electron chi connectivity index (χ2n) is 5.17. The summed E-state index contributed by atoms with van der Waals surface area (Å²) >= 11 is 12.0. The molecule has 0 saturated carbocycles. The molecule has 0 aliphatic carbocycles. The van der Waals surface area contributed by atoms with Gasteiger partial charge in [0.2, 0.25) is 11.8 Å². The number of rotatable bonds is 7. The molecule has 0 radical (unpaired) electrons. The standard InChI is InChI=1S/C15H21Cl2N3O2/c1-4-20(8-13(21)18-10(2)3)9-14(22)19-15-11(16)6-5-7-12(15)17/h5-7,10H,4,8-9H2,1-3H3,(H,18,21)(H,19,22). The first-order chi connectivity index (χ1) is 10.3. The molecule has 0 atom stereocenters. The van der Waals surface area contributed by atoms with Crippen molar-refractivity contribution in [3.63, 3.8) is 0 Å². The second-order valence-corrected chi connectivity index (χ2v) is 5.98. The minimum absolute atomic E-state index is 0.0713. The Kier molecular flexibility index (Phi) is 7.65. The number of carbonyl (C=O) groups is 2. The van der Waals surface area contributed by atoms with Crippen molar-refractivity contribution in [1.82, 2.24) is 10.2 Å². The van der Waals surface area contributed by atoms with Crippen LogP contribution in [0.4, 0.5) is 5.69 Å². The van der Waals surface area contributed by atoms with Crippen molar-refractivity contribution < 1.29 is 9.59 Å². The van der Waals surface area contributed by atoms with Crippen LogP contribution in [0.3, 0.4) is 0 Å². The second kappa shape index (κ2) is 8.98. The van der Waals surface area contributed by atoms with E-state index in [0.29, 0.717) is 22.3 Å². The van der Waals surface area contributed by atoms with Crippen LogP contribution in [-0.4, -0.2) is 42.4 Å². The number of carbonyl (C=O) groups excluding carboxylic acids is 2. The minimum atomic E-state index is -0.269. The number of anilines is 1. The maximum Gasteiger partial charge on any atom is 0.238 e. The first-order valence-electron chi connectivity index (χ1n) is 7.09. The average Bonchev–Trinajstić information content (AvgIpc) is 2.41. The van der Waals surface area contributed by atoms with Gasteiger partial charge in [-0.15, -0.1) is 0 Å². The molecule has 0 bridgehead atoms. The first kappa shape index (κ1) is 18.7. The highest BCUT2D eigenvalue weighted by molar-refractivity contribution is 6.39. The normalized spacial score (nSPS) is 10.9. The Bertz CT molecular complexity index is 515. The van der Waals surface area contributed by atoms with Gasteiger partial charge in [0.1, 0.15) is 0 Å². The van der Waals surface area contributed by atoms with Crippen molar-refractivity contribution in [1.29, 1.82) is 0 Å². The Labute approximate surface area is 141 Å². The van der Waals surface area contributed by atoms with E-state index in [4.69, 9.17) is 23.2 Å². The largest absolute Gasteiger partial charge is 0.353 e. The molecule has 122 valence electrons. The summed E-state index contributed by atoms with van der Waals surface area (Å²) in [5.41, 5.74) is 0.388. The molecule has 22 heavy (non-hydrogen) atoms. The van der Waals surface area contributed by atoms with Crippen LogP contribution in [0.2, 0.25) is 10.0 Å². The quantitative estimate of drug-likeness (QED) is 0.798. The molecule has 7 heteroatoms. The molecule has 2 amide bonds.